The van der Waals surface area contributed by atoms with Gasteiger partial charge in [0.1, 0.15) is 5.88 Å². The second kappa shape index (κ2) is 7.11. The van der Waals surface area contributed by atoms with Gasteiger partial charge >= 0.3 is 35.5 Å². The van der Waals surface area contributed by atoms with Crippen LogP contribution in [0.3, 0.4) is 0 Å². The van der Waals surface area contributed by atoms with E-state index in [2.05, 4.69) is 17.1 Å². The Labute approximate surface area is 74.5 Å². The molecule has 0 saturated carbocycles. The fourth-order valence-electron chi connectivity index (χ4n) is 0.0244. The topological polar surface area (TPSA) is 26.3 Å². The number of carbonyl (C=O) groups is 1. The average Bonchev–Trinajstić information content (AvgIpc) is 1.65. The van der Waals surface area contributed by atoms with Crippen molar-refractivity contribution in [3.63, 3.8) is 0 Å². The first kappa shape index (κ1) is 11.0. The molecule has 0 rings (SSSR count). The molecule has 0 amide bonds. The van der Waals surface area contributed by atoms with E-state index in [1.807, 2.05) is 0 Å². The van der Waals surface area contributed by atoms with Gasteiger partial charge in [-0.25, -0.2) is 4.79 Å². The molecule has 0 atom stereocenters. The molecule has 0 heterocycles. The summed E-state index contributed by atoms with van der Waals surface area (Å²) >= 11 is 8.09. The number of alkyl halides is 1. The summed E-state index contributed by atoms with van der Waals surface area (Å²) in [4.78, 5) is 9.75. The summed E-state index contributed by atoms with van der Waals surface area (Å²) in [5.41, 5.74) is 0. The second-order valence-corrected chi connectivity index (χ2v) is 1.05. The monoisotopic (exact) mass is 150 g/mol. The Hall–Kier alpha value is 1.11. The maximum atomic E-state index is 9.75. The molecule has 38 valence electrons. The van der Waals surface area contributed by atoms with Gasteiger partial charge in [-0.15, -0.1) is 11.6 Å². The first-order valence-electron chi connectivity index (χ1n) is 1.21. The van der Waals surface area contributed by atoms with Crippen molar-refractivity contribution in [2.45, 2.75) is 0 Å². The number of carbonyl (C=O) groups excluding carboxylic acids is 1. The zero-order valence-corrected chi connectivity index (χ0v) is 4.50. The van der Waals surface area contributed by atoms with E-state index < -0.39 is 5.97 Å². The molecule has 0 spiro atoms. The third kappa shape index (κ3) is 7.11. The van der Waals surface area contributed by atoms with E-state index in [4.69, 9.17) is 11.6 Å². The minimum atomic E-state index is -0.528. The summed E-state index contributed by atoms with van der Waals surface area (Å²) in [5, 5.41) is 0. The summed E-state index contributed by atoms with van der Waals surface area (Å²) < 4.78 is 3.82. The molecule has 0 unspecified atom stereocenters. The van der Waals surface area contributed by atoms with Gasteiger partial charge in [-0.2, -0.15) is 0 Å². The molecule has 0 fully saturated rings. The molecule has 0 radical (unpaired) electrons. The van der Waals surface area contributed by atoms with Gasteiger partial charge in [0, 0.05) is 12.9 Å². The number of halogens is 1. The van der Waals surface area contributed by atoms with Crippen molar-refractivity contribution in [3.05, 3.63) is 0 Å². The fraction of sp³-hybridized carbons (Fsp3) is 0.500. The predicted molar refractivity (Wildman–Crippen MR) is 32.9 cm³/mol. The van der Waals surface area contributed by atoms with Crippen LogP contribution in [-0.4, -0.2) is 41.4 Å². The zero-order valence-electron chi connectivity index (χ0n) is 2.85. The molecule has 2 nitrogen and oxygen atoms in total. The van der Waals surface area contributed by atoms with Gasteiger partial charge in [-0.05, 0) is 0 Å². The number of rotatable bonds is 1. The van der Waals surface area contributed by atoms with Crippen LogP contribution in [0.1, 0.15) is 0 Å². The Morgan fingerprint density at radius 2 is 2.29 bits per heavy atom. The van der Waals surface area contributed by atoms with E-state index >= 15 is 0 Å². The van der Waals surface area contributed by atoms with Crippen molar-refractivity contribution in [1.82, 2.24) is 0 Å². The standard InChI is InChI=1S/C2H3ClO2S.Na.H/c3-1-2(4)5-6;;/h6H,1H2;;. The molecular weight excluding hydrogens is 147 g/mol. The summed E-state index contributed by atoms with van der Waals surface area (Å²) in [5.74, 6) is -0.663. The van der Waals surface area contributed by atoms with Gasteiger partial charge in [0.2, 0.25) is 0 Å². The van der Waals surface area contributed by atoms with Crippen LogP contribution in [0.25, 0.3) is 0 Å². The van der Waals surface area contributed by atoms with Crippen LogP contribution in [0.2, 0.25) is 0 Å². The molecule has 0 aliphatic heterocycles. The molecule has 0 saturated heterocycles. The molecule has 0 aromatic rings. The Morgan fingerprint density at radius 1 is 1.86 bits per heavy atom. The van der Waals surface area contributed by atoms with Crippen LogP contribution in [0.15, 0.2) is 0 Å². The molecule has 0 aromatic carbocycles. The summed E-state index contributed by atoms with van der Waals surface area (Å²) in [6.07, 6.45) is 0. The molecular formula is C2H4ClNaO2S. The van der Waals surface area contributed by atoms with Crippen molar-refractivity contribution in [2.75, 3.05) is 5.88 Å². The van der Waals surface area contributed by atoms with Crippen molar-refractivity contribution in [1.29, 1.82) is 0 Å². The van der Waals surface area contributed by atoms with E-state index in [1.165, 1.54) is 0 Å². The summed E-state index contributed by atoms with van der Waals surface area (Å²) in [6, 6.07) is 0. The molecule has 0 aromatic heterocycles. The number of hydrogen-bond acceptors (Lipinski definition) is 3. The van der Waals surface area contributed by atoms with E-state index in [0.717, 1.165) is 0 Å². The Kier molecular flexibility index (Phi) is 11.2. The molecule has 5 heteroatoms. The SMILES string of the molecule is O=C(CCl)OS.[NaH]. The number of hydrogen-bond donors (Lipinski definition) is 1. The van der Waals surface area contributed by atoms with Crippen molar-refractivity contribution in [2.24, 2.45) is 0 Å². The first-order valence-corrected chi connectivity index (χ1v) is 2.11. The van der Waals surface area contributed by atoms with E-state index in [-0.39, 0.29) is 35.4 Å². The van der Waals surface area contributed by atoms with E-state index in [1.54, 1.807) is 0 Å². The van der Waals surface area contributed by atoms with Crippen LogP contribution < -0.4 is 0 Å². The van der Waals surface area contributed by atoms with Gasteiger partial charge in [-0.3, -0.25) is 0 Å². The number of thiol groups is 1. The van der Waals surface area contributed by atoms with Gasteiger partial charge in [0.15, 0.2) is 0 Å². The van der Waals surface area contributed by atoms with Crippen molar-refractivity contribution >= 4 is 60.0 Å². The van der Waals surface area contributed by atoms with Crippen LogP contribution >= 0.6 is 24.5 Å². The van der Waals surface area contributed by atoms with Crippen molar-refractivity contribution < 1.29 is 8.98 Å². The third-order valence-corrected chi connectivity index (χ3v) is 0.633. The van der Waals surface area contributed by atoms with Gasteiger partial charge in [-0.1, -0.05) is 0 Å². The summed E-state index contributed by atoms with van der Waals surface area (Å²) in [6.45, 7) is 0. The zero-order chi connectivity index (χ0) is 4.99. The normalized spacial score (nSPS) is 6.57. The summed E-state index contributed by atoms with van der Waals surface area (Å²) in [7, 11) is 0. The van der Waals surface area contributed by atoms with Gasteiger partial charge in [0.05, 0.1) is 0 Å². The van der Waals surface area contributed by atoms with Crippen molar-refractivity contribution in [3.8, 4) is 0 Å². The van der Waals surface area contributed by atoms with Gasteiger partial charge in [0.25, 0.3) is 0 Å². The van der Waals surface area contributed by atoms with Crippen LogP contribution in [-0.2, 0) is 8.98 Å². The first-order chi connectivity index (χ1) is 2.81. The fourth-order valence-corrected chi connectivity index (χ4v) is 0.220. The Morgan fingerprint density at radius 3 is 2.29 bits per heavy atom. The molecule has 0 bridgehead atoms. The van der Waals surface area contributed by atoms with Crippen LogP contribution in [0.5, 0.6) is 0 Å². The minimum absolute atomic E-state index is 0. The molecule has 7 heavy (non-hydrogen) atoms. The molecule has 0 aliphatic carbocycles. The Balaban J connectivity index is 0. The molecule has 0 aliphatic rings. The van der Waals surface area contributed by atoms with E-state index in [0.29, 0.717) is 0 Å². The third-order valence-electron chi connectivity index (χ3n) is 0.211. The average molecular weight is 151 g/mol. The second-order valence-electron chi connectivity index (χ2n) is 0.597. The Bertz CT molecular complexity index is 53.7. The van der Waals surface area contributed by atoms with E-state index in [9.17, 15) is 4.79 Å². The van der Waals surface area contributed by atoms with Crippen LogP contribution in [0.4, 0.5) is 0 Å². The molecule has 0 N–H and O–H groups in total. The van der Waals surface area contributed by atoms with Crippen LogP contribution in [0, 0.1) is 0 Å². The maximum absolute atomic E-state index is 9.75. The quantitative estimate of drug-likeness (QED) is 0.246. The predicted octanol–water partition coefficient (Wildman–Crippen LogP) is -0.0353. The van der Waals surface area contributed by atoms with Gasteiger partial charge < -0.3 is 4.18 Å².